The Labute approximate surface area is 171 Å². The lowest BCUT2D eigenvalue weighted by atomic mass is 10.2. The third-order valence-corrected chi connectivity index (χ3v) is 5.66. The molecule has 0 saturated carbocycles. The topological polar surface area (TPSA) is 43.6 Å². The summed E-state index contributed by atoms with van der Waals surface area (Å²) in [6.07, 6.45) is 3.50. The largest absolute Gasteiger partial charge is 0.270 e. The van der Waals surface area contributed by atoms with Gasteiger partial charge in [0, 0.05) is 23.7 Å². The van der Waals surface area contributed by atoms with Crippen molar-refractivity contribution in [2.75, 3.05) is 0 Å². The van der Waals surface area contributed by atoms with Gasteiger partial charge in [-0.3, -0.25) is 9.55 Å². The summed E-state index contributed by atoms with van der Waals surface area (Å²) in [6.45, 7) is 0. The smallest absolute Gasteiger partial charge is 0.196 e. The lowest BCUT2D eigenvalue weighted by Gasteiger charge is -2.11. The minimum absolute atomic E-state index is 0.485. The number of hydrogen-bond donors (Lipinski definition) is 0. The summed E-state index contributed by atoms with van der Waals surface area (Å²) in [5.41, 5.74) is 2.94. The van der Waals surface area contributed by atoms with Gasteiger partial charge in [-0.1, -0.05) is 65.3 Å². The van der Waals surface area contributed by atoms with E-state index in [1.54, 1.807) is 30.2 Å². The summed E-state index contributed by atoms with van der Waals surface area (Å²) in [7, 11) is 0. The van der Waals surface area contributed by atoms with E-state index in [1.807, 2.05) is 47.0 Å². The number of nitrogens with zero attached hydrogens (tertiary/aromatic N) is 4. The minimum Gasteiger partial charge on any atom is -0.270 e. The lowest BCUT2D eigenvalue weighted by Crippen LogP contribution is -2.00. The fraction of sp³-hybridized carbons (Fsp3) is 0.0500. The van der Waals surface area contributed by atoms with Crippen molar-refractivity contribution >= 4 is 35.0 Å². The van der Waals surface area contributed by atoms with Crippen molar-refractivity contribution in [1.29, 1.82) is 0 Å². The van der Waals surface area contributed by atoms with Crippen molar-refractivity contribution in [3.05, 3.63) is 88.7 Å². The lowest BCUT2D eigenvalue weighted by molar-refractivity contribution is 0.886. The molecule has 134 valence electrons. The number of hydrogen-bond acceptors (Lipinski definition) is 4. The SMILES string of the molecule is Clc1ccc(-n2c(SCc3ccccc3)nnc2-c2cccnc2)cc1Cl. The normalized spacial score (nSPS) is 10.9. The molecule has 0 aliphatic carbocycles. The zero-order valence-corrected chi connectivity index (χ0v) is 16.4. The molecule has 0 fully saturated rings. The van der Waals surface area contributed by atoms with E-state index >= 15 is 0 Å². The van der Waals surface area contributed by atoms with Crippen LogP contribution in [0.5, 0.6) is 0 Å². The van der Waals surface area contributed by atoms with E-state index in [0.717, 1.165) is 22.2 Å². The van der Waals surface area contributed by atoms with Gasteiger partial charge in [0.25, 0.3) is 0 Å². The Morgan fingerprint density at radius 2 is 1.74 bits per heavy atom. The molecule has 2 aromatic heterocycles. The molecular formula is C20H14Cl2N4S. The van der Waals surface area contributed by atoms with Gasteiger partial charge in [-0.15, -0.1) is 10.2 Å². The Kier molecular flexibility index (Phi) is 5.43. The predicted octanol–water partition coefficient (Wildman–Crippen LogP) is 5.93. The summed E-state index contributed by atoms with van der Waals surface area (Å²) in [5, 5.41) is 10.6. The number of pyridine rings is 1. The number of halogens is 2. The van der Waals surface area contributed by atoms with Crippen molar-refractivity contribution < 1.29 is 0 Å². The predicted molar refractivity (Wildman–Crippen MR) is 111 cm³/mol. The van der Waals surface area contributed by atoms with Gasteiger partial charge < -0.3 is 0 Å². The van der Waals surface area contributed by atoms with Gasteiger partial charge in [0.05, 0.1) is 15.7 Å². The second-order valence-electron chi connectivity index (χ2n) is 5.76. The maximum Gasteiger partial charge on any atom is 0.196 e. The molecule has 0 N–H and O–H groups in total. The molecule has 0 aliphatic heterocycles. The number of aromatic nitrogens is 4. The first kappa shape index (κ1) is 18.0. The maximum absolute atomic E-state index is 6.25. The number of rotatable bonds is 5. The highest BCUT2D eigenvalue weighted by atomic mass is 35.5. The monoisotopic (exact) mass is 412 g/mol. The van der Waals surface area contributed by atoms with Crippen LogP contribution in [0.25, 0.3) is 17.1 Å². The molecule has 4 nitrogen and oxygen atoms in total. The third-order valence-electron chi connectivity index (χ3n) is 3.93. The van der Waals surface area contributed by atoms with E-state index in [0.29, 0.717) is 15.9 Å². The summed E-state index contributed by atoms with van der Waals surface area (Å²) in [6, 6.07) is 19.6. The van der Waals surface area contributed by atoms with Crippen LogP contribution in [-0.2, 0) is 5.75 Å². The molecule has 7 heteroatoms. The molecule has 0 atom stereocenters. The van der Waals surface area contributed by atoms with Crippen molar-refractivity contribution in [2.24, 2.45) is 0 Å². The van der Waals surface area contributed by atoms with Crippen molar-refractivity contribution in [3.8, 4) is 17.1 Å². The van der Waals surface area contributed by atoms with Crippen molar-refractivity contribution in [1.82, 2.24) is 19.7 Å². The van der Waals surface area contributed by atoms with E-state index in [9.17, 15) is 0 Å². The average molecular weight is 413 g/mol. The van der Waals surface area contributed by atoms with E-state index in [2.05, 4.69) is 27.3 Å². The molecular weight excluding hydrogens is 399 g/mol. The second-order valence-corrected chi connectivity index (χ2v) is 7.51. The molecule has 0 radical (unpaired) electrons. The van der Waals surface area contributed by atoms with Crippen molar-refractivity contribution in [2.45, 2.75) is 10.9 Å². The van der Waals surface area contributed by atoms with E-state index in [1.165, 1.54) is 5.56 Å². The molecule has 0 aliphatic rings. The molecule has 2 aromatic carbocycles. The van der Waals surface area contributed by atoms with Gasteiger partial charge >= 0.3 is 0 Å². The van der Waals surface area contributed by atoms with Gasteiger partial charge in [-0.25, -0.2) is 0 Å². The zero-order valence-electron chi connectivity index (χ0n) is 14.1. The van der Waals surface area contributed by atoms with Crippen LogP contribution < -0.4 is 0 Å². The molecule has 0 unspecified atom stereocenters. The molecule has 27 heavy (non-hydrogen) atoms. The van der Waals surface area contributed by atoms with Gasteiger partial charge in [0.2, 0.25) is 0 Å². The van der Waals surface area contributed by atoms with E-state index < -0.39 is 0 Å². The molecule has 4 aromatic rings. The van der Waals surface area contributed by atoms with Crippen LogP contribution in [0.1, 0.15) is 5.56 Å². The van der Waals surface area contributed by atoms with Gasteiger partial charge in [0.1, 0.15) is 0 Å². The van der Waals surface area contributed by atoms with Crippen LogP contribution in [0, 0.1) is 0 Å². The Bertz CT molecular complexity index is 1050. The van der Waals surface area contributed by atoms with Crippen LogP contribution in [0.2, 0.25) is 10.0 Å². The molecule has 0 spiro atoms. The zero-order chi connectivity index (χ0) is 18.6. The fourth-order valence-corrected chi connectivity index (χ4v) is 3.82. The number of thioether (sulfide) groups is 1. The Hall–Kier alpha value is -2.34. The standard InChI is InChI=1S/C20H14Cl2N4S/c21-17-9-8-16(11-18(17)22)26-19(15-7-4-10-23-12-15)24-25-20(26)27-13-14-5-2-1-3-6-14/h1-12H,13H2. The van der Waals surface area contributed by atoms with E-state index in [4.69, 9.17) is 23.2 Å². The van der Waals surface area contributed by atoms with Crippen molar-refractivity contribution in [3.63, 3.8) is 0 Å². The van der Waals surface area contributed by atoms with E-state index in [-0.39, 0.29) is 0 Å². The van der Waals surface area contributed by atoms with Crippen LogP contribution in [0.3, 0.4) is 0 Å². The second kappa shape index (κ2) is 8.13. The molecule has 0 saturated heterocycles. The highest BCUT2D eigenvalue weighted by Gasteiger charge is 2.17. The summed E-state index contributed by atoms with van der Waals surface area (Å²) in [5.74, 6) is 1.49. The van der Waals surface area contributed by atoms with Crippen LogP contribution in [0.4, 0.5) is 0 Å². The first-order valence-electron chi connectivity index (χ1n) is 8.20. The summed E-state index contributed by atoms with van der Waals surface area (Å²) < 4.78 is 1.98. The van der Waals surface area contributed by atoms with Crippen LogP contribution in [0.15, 0.2) is 78.2 Å². The first-order valence-corrected chi connectivity index (χ1v) is 9.94. The molecule has 0 bridgehead atoms. The highest BCUT2D eigenvalue weighted by molar-refractivity contribution is 7.98. The third kappa shape index (κ3) is 4.00. The average Bonchev–Trinajstić information content (AvgIpc) is 3.14. The Morgan fingerprint density at radius 3 is 2.48 bits per heavy atom. The Morgan fingerprint density at radius 1 is 0.889 bits per heavy atom. The highest BCUT2D eigenvalue weighted by Crippen LogP contribution is 2.32. The Balaban J connectivity index is 1.77. The van der Waals surface area contributed by atoms with Crippen LogP contribution in [-0.4, -0.2) is 19.7 Å². The fourth-order valence-electron chi connectivity index (χ4n) is 2.62. The molecule has 0 amide bonds. The number of benzene rings is 2. The first-order chi connectivity index (χ1) is 13.2. The summed E-state index contributed by atoms with van der Waals surface area (Å²) in [4.78, 5) is 4.20. The minimum atomic E-state index is 0.485. The summed E-state index contributed by atoms with van der Waals surface area (Å²) >= 11 is 14.0. The molecule has 2 heterocycles. The maximum atomic E-state index is 6.25. The van der Waals surface area contributed by atoms with Gasteiger partial charge in [-0.2, -0.15) is 0 Å². The van der Waals surface area contributed by atoms with Gasteiger partial charge in [-0.05, 0) is 35.9 Å². The quantitative estimate of drug-likeness (QED) is 0.381. The van der Waals surface area contributed by atoms with Gasteiger partial charge in [0.15, 0.2) is 11.0 Å². The van der Waals surface area contributed by atoms with Crippen LogP contribution >= 0.6 is 35.0 Å². The molecule has 4 rings (SSSR count).